The maximum atomic E-state index is 12.3. The normalized spacial score (nSPS) is 19.1. The fraction of sp³-hybridized carbons (Fsp3) is 0.500. The summed E-state index contributed by atoms with van der Waals surface area (Å²) in [6, 6.07) is 10.2. The third-order valence-corrected chi connectivity index (χ3v) is 5.82. The molecule has 0 unspecified atom stereocenters. The first-order valence-corrected chi connectivity index (χ1v) is 10.9. The van der Waals surface area contributed by atoms with Crippen LogP contribution in [0.25, 0.3) is 0 Å². The quantitative estimate of drug-likeness (QED) is 0.684. The van der Waals surface area contributed by atoms with E-state index in [1.807, 2.05) is 24.3 Å². The average Bonchev–Trinajstić information content (AvgIpc) is 3.55. The van der Waals surface area contributed by atoms with Gasteiger partial charge in [-0.3, -0.25) is 4.79 Å². The van der Waals surface area contributed by atoms with Crippen molar-refractivity contribution in [1.29, 1.82) is 0 Å². The number of hydrogen-bond donors (Lipinski definition) is 2. The predicted molar refractivity (Wildman–Crippen MR) is 116 cm³/mol. The molecule has 2 aliphatic rings. The SMILES string of the molecule is O=C(CC[C@@H]1CCCN(c2cc(NC3CC3)ncn2)C1)NCc1cccc(Cl)c1. The summed E-state index contributed by atoms with van der Waals surface area (Å²) in [7, 11) is 0. The zero-order valence-electron chi connectivity index (χ0n) is 16.6. The van der Waals surface area contributed by atoms with Gasteiger partial charge in [0.15, 0.2) is 0 Å². The number of aromatic nitrogens is 2. The van der Waals surface area contributed by atoms with Crippen LogP contribution in [0.3, 0.4) is 0 Å². The minimum atomic E-state index is 0.0973. The Balaban J connectivity index is 1.24. The van der Waals surface area contributed by atoms with Gasteiger partial charge >= 0.3 is 0 Å². The van der Waals surface area contributed by atoms with Crippen LogP contribution in [0.1, 0.15) is 44.1 Å². The topological polar surface area (TPSA) is 70.2 Å². The van der Waals surface area contributed by atoms with Crippen LogP contribution in [0.15, 0.2) is 36.7 Å². The van der Waals surface area contributed by atoms with Crippen molar-refractivity contribution in [2.45, 2.75) is 51.1 Å². The van der Waals surface area contributed by atoms with E-state index in [4.69, 9.17) is 11.6 Å². The molecule has 4 rings (SSSR count). The number of nitrogens with zero attached hydrogens (tertiary/aromatic N) is 3. The lowest BCUT2D eigenvalue weighted by atomic mass is 9.93. The molecule has 1 saturated heterocycles. The second-order valence-electron chi connectivity index (χ2n) is 8.08. The van der Waals surface area contributed by atoms with Crippen molar-refractivity contribution < 1.29 is 4.79 Å². The van der Waals surface area contributed by atoms with Gasteiger partial charge in [0.2, 0.25) is 5.91 Å². The van der Waals surface area contributed by atoms with Gasteiger partial charge in [-0.25, -0.2) is 9.97 Å². The molecule has 2 N–H and O–H groups in total. The molecule has 2 aromatic rings. The van der Waals surface area contributed by atoms with E-state index in [0.717, 1.165) is 49.6 Å². The highest BCUT2D eigenvalue weighted by molar-refractivity contribution is 6.30. The van der Waals surface area contributed by atoms with E-state index in [1.54, 1.807) is 6.33 Å². The third kappa shape index (κ3) is 6.07. The van der Waals surface area contributed by atoms with Crippen LogP contribution in [0, 0.1) is 5.92 Å². The molecule has 1 aromatic heterocycles. The fourth-order valence-electron chi connectivity index (χ4n) is 3.82. The van der Waals surface area contributed by atoms with Crippen molar-refractivity contribution in [3.05, 3.63) is 47.2 Å². The minimum absolute atomic E-state index is 0.0973. The first kappa shape index (κ1) is 20.0. The molecule has 0 bridgehead atoms. The van der Waals surface area contributed by atoms with Gasteiger partial charge < -0.3 is 15.5 Å². The summed E-state index contributed by atoms with van der Waals surface area (Å²) in [6.45, 7) is 2.48. The molecule has 0 spiro atoms. The number of rotatable bonds is 8. The number of piperidine rings is 1. The maximum Gasteiger partial charge on any atom is 0.220 e. The highest BCUT2D eigenvalue weighted by Gasteiger charge is 2.24. The highest BCUT2D eigenvalue weighted by atomic mass is 35.5. The van der Waals surface area contributed by atoms with Gasteiger partial charge in [-0.05, 0) is 55.7 Å². The lowest BCUT2D eigenvalue weighted by molar-refractivity contribution is -0.121. The zero-order valence-corrected chi connectivity index (χ0v) is 17.4. The summed E-state index contributed by atoms with van der Waals surface area (Å²) >= 11 is 5.99. The van der Waals surface area contributed by atoms with E-state index >= 15 is 0 Å². The van der Waals surface area contributed by atoms with Crippen molar-refractivity contribution in [2.24, 2.45) is 5.92 Å². The van der Waals surface area contributed by atoms with Crippen LogP contribution in [-0.2, 0) is 11.3 Å². The van der Waals surface area contributed by atoms with Gasteiger partial charge in [0.05, 0.1) is 0 Å². The summed E-state index contributed by atoms with van der Waals surface area (Å²) in [4.78, 5) is 23.4. The Kier molecular flexibility index (Phi) is 6.49. The van der Waals surface area contributed by atoms with E-state index in [9.17, 15) is 4.79 Å². The zero-order chi connectivity index (χ0) is 20.1. The van der Waals surface area contributed by atoms with Crippen molar-refractivity contribution in [3.63, 3.8) is 0 Å². The summed E-state index contributed by atoms with van der Waals surface area (Å²) in [5, 5.41) is 7.13. The number of amides is 1. The third-order valence-electron chi connectivity index (χ3n) is 5.58. The Bertz CT molecular complexity index is 841. The summed E-state index contributed by atoms with van der Waals surface area (Å²) in [6.07, 6.45) is 7.84. The van der Waals surface area contributed by atoms with Gasteiger partial charge in [0.25, 0.3) is 0 Å². The average molecular weight is 414 g/mol. The first-order chi connectivity index (χ1) is 14.2. The Hall–Kier alpha value is -2.34. The number of anilines is 2. The second kappa shape index (κ2) is 9.44. The molecule has 1 aliphatic heterocycles. The van der Waals surface area contributed by atoms with Crippen LogP contribution in [0.2, 0.25) is 5.02 Å². The van der Waals surface area contributed by atoms with Crippen LogP contribution >= 0.6 is 11.6 Å². The predicted octanol–water partition coefficient (Wildman–Crippen LogP) is 4.02. The van der Waals surface area contributed by atoms with Crippen LogP contribution in [0.4, 0.5) is 11.6 Å². The Morgan fingerprint density at radius 2 is 2.10 bits per heavy atom. The summed E-state index contributed by atoms with van der Waals surface area (Å²) < 4.78 is 0. The molecule has 0 radical (unpaired) electrons. The molecule has 1 amide bonds. The molecule has 1 aliphatic carbocycles. The van der Waals surface area contributed by atoms with E-state index in [2.05, 4.69) is 31.6 Å². The first-order valence-electron chi connectivity index (χ1n) is 10.5. The van der Waals surface area contributed by atoms with Crippen molar-refractivity contribution in [3.8, 4) is 0 Å². The smallest absolute Gasteiger partial charge is 0.220 e. The molecule has 154 valence electrons. The standard InChI is InChI=1S/C22H28ClN5O/c23-18-5-1-3-17(11-18)13-24-22(29)9-6-16-4-2-10-28(14-16)21-12-20(25-15-26-21)27-19-7-8-19/h1,3,5,11-12,15-16,19H,2,4,6-10,13-14H2,(H,24,29)(H,25,26,27)/t16-/m0/s1. The second-order valence-corrected chi connectivity index (χ2v) is 8.52. The Morgan fingerprint density at radius 1 is 1.21 bits per heavy atom. The van der Waals surface area contributed by atoms with Gasteiger partial charge in [-0.15, -0.1) is 0 Å². The van der Waals surface area contributed by atoms with Gasteiger partial charge in [0.1, 0.15) is 18.0 Å². The van der Waals surface area contributed by atoms with Gasteiger partial charge in [0, 0.05) is 43.2 Å². The van der Waals surface area contributed by atoms with Gasteiger partial charge in [-0.2, -0.15) is 0 Å². The van der Waals surface area contributed by atoms with Gasteiger partial charge in [-0.1, -0.05) is 23.7 Å². The molecule has 1 atom stereocenters. The molecule has 6 nitrogen and oxygen atoms in total. The largest absolute Gasteiger partial charge is 0.367 e. The van der Waals surface area contributed by atoms with Crippen molar-refractivity contribution in [2.75, 3.05) is 23.3 Å². The number of benzene rings is 1. The monoisotopic (exact) mass is 413 g/mol. The lowest BCUT2D eigenvalue weighted by Gasteiger charge is -2.33. The minimum Gasteiger partial charge on any atom is -0.367 e. The molecule has 1 saturated carbocycles. The number of hydrogen-bond acceptors (Lipinski definition) is 5. The molecule has 2 fully saturated rings. The Morgan fingerprint density at radius 3 is 2.93 bits per heavy atom. The fourth-order valence-corrected chi connectivity index (χ4v) is 4.03. The van der Waals surface area contributed by atoms with Crippen LogP contribution < -0.4 is 15.5 Å². The molecule has 29 heavy (non-hydrogen) atoms. The van der Waals surface area contributed by atoms with Crippen molar-refractivity contribution in [1.82, 2.24) is 15.3 Å². The van der Waals surface area contributed by atoms with E-state index in [-0.39, 0.29) is 5.91 Å². The molecule has 1 aromatic carbocycles. The molecule has 2 heterocycles. The number of carbonyl (C=O) groups is 1. The molecular weight excluding hydrogens is 386 g/mol. The summed E-state index contributed by atoms with van der Waals surface area (Å²) in [5.41, 5.74) is 1.02. The van der Waals surface area contributed by atoms with E-state index in [1.165, 1.54) is 12.8 Å². The van der Waals surface area contributed by atoms with Crippen LogP contribution in [-0.4, -0.2) is 35.0 Å². The van der Waals surface area contributed by atoms with Crippen molar-refractivity contribution >= 4 is 29.1 Å². The summed E-state index contributed by atoms with van der Waals surface area (Å²) in [5.74, 6) is 2.51. The lowest BCUT2D eigenvalue weighted by Crippen LogP contribution is -2.36. The number of nitrogens with one attached hydrogen (secondary N) is 2. The highest BCUT2D eigenvalue weighted by Crippen LogP contribution is 2.27. The molecule has 7 heteroatoms. The number of halogens is 1. The van der Waals surface area contributed by atoms with E-state index < -0.39 is 0 Å². The molecular formula is C22H28ClN5O. The maximum absolute atomic E-state index is 12.3. The Labute approximate surface area is 177 Å². The van der Waals surface area contributed by atoms with E-state index in [0.29, 0.717) is 29.9 Å². The number of carbonyl (C=O) groups excluding carboxylic acids is 1. The van der Waals surface area contributed by atoms with Crippen LogP contribution in [0.5, 0.6) is 0 Å².